The first-order valence-electron chi connectivity index (χ1n) is 7.34. The van der Waals surface area contributed by atoms with E-state index >= 15 is 0 Å². The van der Waals surface area contributed by atoms with Crippen LogP contribution in [0.2, 0.25) is 0 Å². The molecule has 2 aromatic rings. The van der Waals surface area contributed by atoms with Gasteiger partial charge in [-0.15, -0.1) is 0 Å². The molecule has 0 saturated carbocycles. The lowest BCUT2D eigenvalue weighted by molar-refractivity contribution is -0.115. The first kappa shape index (κ1) is 17.2. The topological polar surface area (TPSA) is 87.3 Å². The molecule has 0 atom stereocenters. The van der Waals surface area contributed by atoms with Crippen molar-refractivity contribution in [2.24, 2.45) is 0 Å². The van der Waals surface area contributed by atoms with Crippen LogP contribution in [0.25, 0.3) is 11.1 Å². The fraction of sp³-hybridized carbons (Fsp3) is 0.167. The van der Waals surface area contributed by atoms with E-state index in [0.717, 1.165) is 11.1 Å². The zero-order valence-corrected chi connectivity index (χ0v) is 13.7. The van der Waals surface area contributed by atoms with Crippen LogP contribution in [0.15, 0.2) is 36.4 Å². The van der Waals surface area contributed by atoms with Crippen LogP contribution in [-0.2, 0) is 14.4 Å². The molecule has 2 aromatic carbocycles. The Balaban J connectivity index is 2.41. The number of hydrogen-bond donors (Lipinski definition) is 3. The van der Waals surface area contributed by atoms with Crippen molar-refractivity contribution in [3.05, 3.63) is 42.5 Å². The van der Waals surface area contributed by atoms with E-state index < -0.39 is 0 Å². The van der Waals surface area contributed by atoms with Crippen molar-refractivity contribution >= 4 is 34.8 Å². The van der Waals surface area contributed by atoms with Crippen molar-refractivity contribution in [1.82, 2.24) is 0 Å². The summed E-state index contributed by atoms with van der Waals surface area (Å²) in [5, 5.41) is 8.09. The molecular weight excluding hydrogens is 306 g/mol. The maximum atomic E-state index is 11.4. The molecular formula is C18H18N3O3. The van der Waals surface area contributed by atoms with E-state index in [1.807, 2.05) is 0 Å². The lowest BCUT2D eigenvalue weighted by Crippen LogP contribution is -2.12. The molecule has 24 heavy (non-hydrogen) atoms. The van der Waals surface area contributed by atoms with Gasteiger partial charge in [-0.3, -0.25) is 14.4 Å². The first-order chi connectivity index (χ1) is 11.3. The standard InChI is InChI=1S/C18H18N3O3/c1-11(22)19-16-6-4-5-14(9-16)15-7-8-17(20-12(2)23)18(10-15)21-13(3)24/h4,6-10H,1-3H3,(H,19,22)(H,20,23)(H,21,24). The molecule has 0 spiro atoms. The van der Waals surface area contributed by atoms with E-state index in [1.54, 1.807) is 36.4 Å². The smallest absolute Gasteiger partial charge is 0.221 e. The van der Waals surface area contributed by atoms with Crippen LogP contribution in [0.1, 0.15) is 20.8 Å². The second-order valence-corrected chi connectivity index (χ2v) is 5.29. The number of rotatable bonds is 4. The molecule has 0 aromatic heterocycles. The van der Waals surface area contributed by atoms with E-state index in [-0.39, 0.29) is 17.7 Å². The van der Waals surface area contributed by atoms with Gasteiger partial charge in [-0.05, 0) is 41.5 Å². The van der Waals surface area contributed by atoms with Crippen LogP contribution in [0.3, 0.4) is 0 Å². The maximum absolute atomic E-state index is 11.4. The Morgan fingerprint density at radius 2 is 1.42 bits per heavy atom. The van der Waals surface area contributed by atoms with Gasteiger partial charge in [-0.25, -0.2) is 0 Å². The van der Waals surface area contributed by atoms with E-state index in [4.69, 9.17) is 0 Å². The highest BCUT2D eigenvalue weighted by Crippen LogP contribution is 2.30. The van der Waals surface area contributed by atoms with E-state index in [0.29, 0.717) is 17.1 Å². The zero-order chi connectivity index (χ0) is 17.7. The van der Waals surface area contributed by atoms with Gasteiger partial charge in [0.05, 0.1) is 11.4 Å². The van der Waals surface area contributed by atoms with Gasteiger partial charge in [0.15, 0.2) is 0 Å². The summed E-state index contributed by atoms with van der Waals surface area (Å²) in [5.41, 5.74) is 3.21. The fourth-order valence-corrected chi connectivity index (χ4v) is 2.22. The quantitative estimate of drug-likeness (QED) is 0.808. The van der Waals surface area contributed by atoms with Gasteiger partial charge in [0.2, 0.25) is 17.7 Å². The molecule has 0 bridgehead atoms. The average Bonchev–Trinajstić information content (AvgIpc) is 2.47. The second kappa shape index (κ2) is 7.41. The highest BCUT2D eigenvalue weighted by atomic mass is 16.2. The lowest BCUT2D eigenvalue weighted by atomic mass is 10.0. The number of carbonyl (C=O) groups is 3. The number of anilines is 3. The molecule has 0 aliphatic heterocycles. The van der Waals surface area contributed by atoms with Crippen molar-refractivity contribution in [3.8, 4) is 11.1 Å². The fourth-order valence-electron chi connectivity index (χ4n) is 2.22. The third kappa shape index (κ3) is 4.67. The SMILES string of the molecule is CC(=O)Nc1cc[c]c(-c2ccc(NC(C)=O)c(NC(C)=O)c2)c1. The lowest BCUT2D eigenvalue weighted by Gasteiger charge is -2.13. The Labute approximate surface area is 140 Å². The van der Waals surface area contributed by atoms with Crippen LogP contribution in [-0.4, -0.2) is 17.7 Å². The molecule has 0 heterocycles. The molecule has 1 radical (unpaired) electrons. The minimum absolute atomic E-state index is 0.160. The minimum atomic E-state index is -0.241. The van der Waals surface area contributed by atoms with Crippen molar-refractivity contribution < 1.29 is 14.4 Å². The Morgan fingerprint density at radius 3 is 2.04 bits per heavy atom. The summed E-state index contributed by atoms with van der Waals surface area (Å²) in [7, 11) is 0. The van der Waals surface area contributed by atoms with Crippen molar-refractivity contribution in [1.29, 1.82) is 0 Å². The van der Waals surface area contributed by atoms with Crippen LogP contribution < -0.4 is 16.0 Å². The summed E-state index contributed by atoms with van der Waals surface area (Å²) in [6, 6.07) is 13.6. The highest BCUT2D eigenvalue weighted by Gasteiger charge is 2.09. The summed E-state index contributed by atoms with van der Waals surface area (Å²) in [5.74, 6) is -0.629. The van der Waals surface area contributed by atoms with E-state index in [2.05, 4.69) is 22.0 Å². The molecule has 3 amide bonds. The number of nitrogens with one attached hydrogen (secondary N) is 3. The number of benzene rings is 2. The molecule has 0 saturated heterocycles. The predicted molar refractivity (Wildman–Crippen MR) is 93.6 cm³/mol. The molecule has 6 nitrogen and oxygen atoms in total. The van der Waals surface area contributed by atoms with Crippen LogP contribution >= 0.6 is 0 Å². The van der Waals surface area contributed by atoms with Crippen LogP contribution in [0.5, 0.6) is 0 Å². The van der Waals surface area contributed by atoms with Crippen LogP contribution in [0.4, 0.5) is 17.1 Å². The summed E-state index contributed by atoms with van der Waals surface area (Å²) in [6.45, 7) is 4.23. The van der Waals surface area contributed by atoms with Crippen molar-refractivity contribution in [3.63, 3.8) is 0 Å². The molecule has 123 valence electrons. The normalized spacial score (nSPS) is 9.96. The molecule has 3 N–H and O–H groups in total. The van der Waals surface area contributed by atoms with E-state index in [1.165, 1.54) is 20.8 Å². The number of carbonyl (C=O) groups excluding carboxylic acids is 3. The summed E-state index contributed by atoms with van der Waals surface area (Å²) >= 11 is 0. The highest BCUT2D eigenvalue weighted by molar-refractivity contribution is 5.99. The van der Waals surface area contributed by atoms with Crippen LogP contribution in [0, 0.1) is 6.07 Å². The van der Waals surface area contributed by atoms with Crippen molar-refractivity contribution in [2.75, 3.05) is 16.0 Å². The monoisotopic (exact) mass is 324 g/mol. The zero-order valence-electron chi connectivity index (χ0n) is 13.7. The van der Waals surface area contributed by atoms with Gasteiger partial charge in [-0.2, -0.15) is 0 Å². The molecule has 6 heteroatoms. The van der Waals surface area contributed by atoms with Gasteiger partial charge in [0.25, 0.3) is 0 Å². The summed E-state index contributed by atoms with van der Waals surface area (Å²) < 4.78 is 0. The average molecular weight is 324 g/mol. The molecule has 0 unspecified atom stereocenters. The first-order valence-corrected chi connectivity index (χ1v) is 7.34. The molecule has 0 aliphatic carbocycles. The Hall–Kier alpha value is -3.15. The Morgan fingerprint density at radius 1 is 0.792 bits per heavy atom. The van der Waals surface area contributed by atoms with Gasteiger partial charge in [0, 0.05) is 26.5 Å². The maximum Gasteiger partial charge on any atom is 0.221 e. The number of amides is 3. The Kier molecular flexibility index (Phi) is 5.31. The van der Waals surface area contributed by atoms with Gasteiger partial charge < -0.3 is 16.0 Å². The van der Waals surface area contributed by atoms with Gasteiger partial charge in [0.1, 0.15) is 0 Å². The van der Waals surface area contributed by atoms with Gasteiger partial charge in [-0.1, -0.05) is 12.1 Å². The Bertz CT molecular complexity index is 800. The molecule has 0 aliphatic rings. The summed E-state index contributed by atoms with van der Waals surface area (Å²) in [6.07, 6.45) is 0. The number of hydrogen-bond acceptors (Lipinski definition) is 3. The van der Waals surface area contributed by atoms with E-state index in [9.17, 15) is 14.4 Å². The van der Waals surface area contributed by atoms with Crippen molar-refractivity contribution in [2.45, 2.75) is 20.8 Å². The summed E-state index contributed by atoms with van der Waals surface area (Å²) in [4.78, 5) is 33.9. The largest absolute Gasteiger partial charge is 0.326 e. The molecule has 0 fully saturated rings. The third-order valence-electron chi connectivity index (χ3n) is 3.07. The molecule has 2 rings (SSSR count). The van der Waals surface area contributed by atoms with Gasteiger partial charge >= 0.3 is 0 Å². The minimum Gasteiger partial charge on any atom is -0.326 e. The predicted octanol–water partition coefficient (Wildman–Crippen LogP) is 3.03. The second-order valence-electron chi connectivity index (χ2n) is 5.29. The third-order valence-corrected chi connectivity index (χ3v) is 3.07.